The monoisotopic (exact) mass is 306 g/mol. The van der Waals surface area contributed by atoms with Crippen LogP contribution in [0.5, 0.6) is 5.75 Å². The van der Waals surface area contributed by atoms with Crippen molar-refractivity contribution in [3.05, 3.63) is 28.8 Å². The Kier molecular flexibility index (Phi) is 7.19. The number of nitrogens with two attached hydrogens (primary N) is 1. The fourth-order valence-electron chi connectivity index (χ4n) is 1.26. The van der Waals surface area contributed by atoms with Crippen molar-refractivity contribution < 1.29 is 9.53 Å². The van der Waals surface area contributed by atoms with Crippen LogP contribution in [-0.4, -0.2) is 24.6 Å². The Morgan fingerprint density at radius 3 is 2.68 bits per heavy atom. The third-order valence-electron chi connectivity index (χ3n) is 2.32. The zero-order valence-corrected chi connectivity index (χ0v) is 12.9. The van der Waals surface area contributed by atoms with Crippen molar-refractivity contribution in [1.29, 1.82) is 0 Å². The van der Waals surface area contributed by atoms with Gasteiger partial charge in [0.15, 0.2) is 6.61 Å². The minimum Gasteiger partial charge on any atom is -0.483 e. The zero-order chi connectivity index (χ0) is 13.8. The van der Waals surface area contributed by atoms with Crippen molar-refractivity contribution >= 4 is 29.9 Å². The molecule has 0 aliphatic carbocycles. The number of hydrogen-bond acceptors (Lipinski definition) is 3. The van der Waals surface area contributed by atoms with Crippen molar-refractivity contribution in [2.75, 3.05) is 13.2 Å². The lowest BCUT2D eigenvalue weighted by Gasteiger charge is -2.19. The highest BCUT2D eigenvalue weighted by Crippen LogP contribution is 2.24. The lowest BCUT2D eigenvalue weighted by Crippen LogP contribution is -2.46. The lowest BCUT2D eigenvalue weighted by atomic mass is 10.1. The van der Waals surface area contributed by atoms with E-state index < -0.39 is 5.54 Å². The van der Waals surface area contributed by atoms with Gasteiger partial charge in [-0.15, -0.1) is 12.4 Å². The summed E-state index contributed by atoms with van der Waals surface area (Å²) in [6, 6.07) is 5.34. The smallest absolute Gasteiger partial charge is 0.258 e. The standard InChI is InChI=1S/C13H19ClN2O2.ClH/c1-9-10(14)5-4-6-11(9)18-7-12(17)16-8-13(2,3)15;/h4-6H,7-8,15H2,1-3H3,(H,16,17);1H. The normalized spacial score (nSPS) is 10.6. The fraction of sp³-hybridized carbons (Fsp3) is 0.462. The average molecular weight is 307 g/mol. The molecule has 0 saturated heterocycles. The average Bonchev–Trinajstić information content (AvgIpc) is 2.27. The van der Waals surface area contributed by atoms with Crippen molar-refractivity contribution in [3.63, 3.8) is 0 Å². The highest BCUT2D eigenvalue weighted by Gasteiger charge is 2.13. The molecule has 0 bridgehead atoms. The second-order valence-electron chi connectivity index (χ2n) is 4.92. The van der Waals surface area contributed by atoms with Crippen molar-refractivity contribution in [2.45, 2.75) is 26.3 Å². The molecule has 0 spiro atoms. The minimum absolute atomic E-state index is 0. The Balaban J connectivity index is 0.00000324. The van der Waals surface area contributed by atoms with E-state index in [0.717, 1.165) is 5.56 Å². The third-order valence-corrected chi connectivity index (χ3v) is 2.73. The molecule has 19 heavy (non-hydrogen) atoms. The number of amides is 1. The molecule has 0 aliphatic rings. The lowest BCUT2D eigenvalue weighted by molar-refractivity contribution is -0.123. The van der Waals surface area contributed by atoms with Gasteiger partial charge in [0.25, 0.3) is 5.91 Å². The molecule has 3 N–H and O–H groups in total. The van der Waals surface area contributed by atoms with Crippen molar-refractivity contribution in [3.8, 4) is 5.75 Å². The molecular formula is C13H20Cl2N2O2. The van der Waals surface area contributed by atoms with E-state index in [2.05, 4.69) is 5.32 Å². The van der Waals surface area contributed by atoms with Gasteiger partial charge in [-0.1, -0.05) is 17.7 Å². The zero-order valence-electron chi connectivity index (χ0n) is 11.3. The molecule has 0 heterocycles. The van der Waals surface area contributed by atoms with Gasteiger partial charge in [0.1, 0.15) is 5.75 Å². The van der Waals surface area contributed by atoms with E-state index >= 15 is 0 Å². The van der Waals surface area contributed by atoms with Gasteiger partial charge in [-0.2, -0.15) is 0 Å². The molecular weight excluding hydrogens is 287 g/mol. The SMILES string of the molecule is Cc1c(Cl)cccc1OCC(=O)NCC(C)(C)N.Cl. The van der Waals surface area contributed by atoms with Gasteiger partial charge in [-0.25, -0.2) is 0 Å². The van der Waals surface area contributed by atoms with Gasteiger partial charge in [0.05, 0.1) is 0 Å². The predicted octanol–water partition coefficient (Wildman–Crippen LogP) is 2.30. The van der Waals surface area contributed by atoms with Crippen LogP contribution in [0.15, 0.2) is 18.2 Å². The number of hydrogen-bond donors (Lipinski definition) is 2. The molecule has 108 valence electrons. The Morgan fingerprint density at radius 2 is 2.11 bits per heavy atom. The summed E-state index contributed by atoms with van der Waals surface area (Å²) in [6.07, 6.45) is 0. The van der Waals surface area contributed by atoms with E-state index in [1.54, 1.807) is 18.2 Å². The fourth-order valence-corrected chi connectivity index (χ4v) is 1.43. The van der Waals surface area contributed by atoms with Gasteiger partial charge in [0, 0.05) is 22.7 Å². The van der Waals surface area contributed by atoms with E-state index in [4.69, 9.17) is 22.1 Å². The number of carbonyl (C=O) groups excluding carboxylic acids is 1. The van der Waals surface area contributed by atoms with Gasteiger partial charge in [-0.05, 0) is 32.9 Å². The first-order chi connectivity index (χ1) is 8.29. The second kappa shape index (κ2) is 7.58. The first-order valence-electron chi connectivity index (χ1n) is 5.73. The van der Waals surface area contributed by atoms with Crippen LogP contribution in [0, 0.1) is 6.92 Å². The molecule has 1 aromatic carbocycles. The molecule has 0 saturated carbocycles. The van der Waals surface area contributed by atoms with Crippen LogP contribution in [-0.2, 0) is 4.79 Å². The molecule has 4 nitrogen and oxygen atoms in total. The number of rotatable bonds is 5. The molecule has 0 unspecified atom stereocenters. The maximum absolute atomic E-state index is 11.5. The van der Waals surface area contributed by atoms with E-state index in [1.165, 1.54) is 0 Å². The van der Waals surface area contributed by atoms with Crippen LogP contribution >= 0.6 is 24.0 Å². The van der Waals surface area contributed by atoms with E-state index in [-0.39, 0.29) is 24.9 Å². The quantitative estimate of drug-likeness (QED) is 0.877. The summed E-state index contributed by atoms with van der Waals surface area (Å²) in [7, 11) is 0. The van der Waals surface area contributed by atoms with Crippen LogP contribution in [0.25, 0.3) is 0 Å². The molecule has 0 aromatic heterocycles. The highest BCUT2D eigenvalue weighted by atomic mass is 35.5. The summed E-state index contributed by atoms with van der Waals surface area (Å²) >= 11 is 5.95. The van der Waals surface area contributed by atoms with Crippen LogP contribution in [0.4, 0.5) is 0 Å². The molecule has 0 radical (unpaired) electrons. The summed E-state index contributed by atoms with van der Waals surface area (Å²) in [5.41, 5.74) is 6.16. The molecule has 1 aromatic rings. The first-order valence-corrected chi connectivity index (χ1v) is 6.11. The molecule has 1 amide bonds. The topological polar surface area (TPSA) is 64.3 Å². The summed E-state index contributed by atoms with van der Waals surface area (Å²) in [5, 5.41) is 3.33. The van der Waals surface area contributed by atoms with Gasteiger partial charge >= 0.3 is 0 Å². The van der Waals surface area contributed by atoms with Crippen LogP contribution < -0.4 is 15.8 Å². The maximum Gasteiger partial charge on any atom is 0.258 e. The first kappa shape index (κ1) is 18.0. The third kappa shape index (κ3) is 6.66. The summed E-state index contributed by atoms with van der Waals surface area (Å²) in [5.74, 6) is 0.414. The van der Waals surface area contributed by atoms with Gasteiger partial charge < -0.3 is 15.8 Å². The number of nitrogens with one attached hydrogen (secondary N) is 1. The number of halogens is 2. The number of ether oxygens (including phenoxy) is 1. The van der Waals surface area contributed by atoms with Crippen LogP contribution in [0.2, 0.25) is 5.02 Å². The van der Waals surface area contributed by atoms with Gasteiger partial charge in [0.2, 0.25) is 0 Å². The van der Waals surface area contributed by atoms with Crippen LogP contribution in [0.3, 0.4) is 0 Å². The van der Waals surface area contributed by atoms with E-state index in [1.807, 2.05) is 20.8 Å². The molecule has 0 atom stereocenters. The van der Waals surface area contributed by atoms with E-state index in [9.17, 15) is 4.79 Å². The molecule has 0 fully saturated rings. The van der Waals surface area contributed by atoms with Crippen LogP contribution in [0.1, 0.15) is 19.4 Å². The molecule has 0 aliphatic heterocycles. The van der Waals surface area contributed by atoms with Crippen molar-refractivity contribution in [2.24, 2.45) is 5.73 Å². The number of benzene rings is 1. The summed E-state index contributed by atoms with van der Waals surface area (Å²) in [4.78, 5) is 11.5. The highest BCUT2D eigenvalue weighted by molar-refractivity contribution is 6.31. The molecule has 6 heteroatoms. The second-order valence-corrected chi connectivity index (χ2v) is 5.32. The molecule has 1 rings (SSSR count). The predicted molar refractivity (Wildman–Crippen MR) is 80.2 cm³/mol. The summed E-state index contributed by atoms with van der Waals surface area (Å²) < 4.78 is 5.41. The number of carbonyl (C=O) groups is 1. The Morgan fingerprint density at radius 1 is 1.47 bits per heavy atom. The Bertz CT molecular complexity index is 431. The minimum atomic E-state index is -0.429. The Labute approximate surface area is 125 Å². The van der Waals surface area contributed by atoms with Gasteiger partial charge in [-0.3, -0.25) is 4.79 Å². The Hall–Kier alpha value is -0.970. The maximum atomic E-state index is 11.5. The largest absolute Gasteiger partial charge is 0.483 e. The van der Waals surface area contributed by atoms with E-state index in [0.29, 0.717) is 17.3 Å². The van der Waals surface area contributed by atoms with Crippen molar-refractivity contribution in [1.82, 2.24) is 5.32 Å². The summed E-state index contributed by atoms with van der Waals surface area (Å²) in [6.45, 7) is 5.89.